The Bertz CT molecular complexity index is 449. The molecule has 2 N–H and O–H groups in total. The van der Waals surface area contributed by atoms with Gasteiger partial charge in [0.15, 0.2) is 0 Å². The Morgan fingerprint density at radius 2 is 1.83 bits per heavy atom. The van der Waals surface area contributed by atoms with Gasteiger partial charge in [-0.1, -0.05) is 50.6 Å². The Labute approximate surface area is 109 Å². The molecule has 2 nitrogen and oxygen atoms in total. The van der Waals surface area contributed by atoms with E-state index in [1.54, 1.807) is 0 Å². The molecule has 0 bridgehead atoms. The van der Waals surface area contributed by atoms with E-state index in [0.29, 0.717) is 5.92 Å². The normalized spacial score (nSPS) is 16.2. The topological polar surface area (TPSA) is 36.0 Å². The second-order valence-corrected chi connectivity index (χ2v) is 4.91. The highest BCUT2D eigenvalue weighted by Crippen LogP contribution is 2.38. The zero-order chi connectivity index (χ0) is 13.0. The number of hydrogen-bond donors (Lipinski definition) is 2. The van der Waals surface area contributed by atoms with Crippen molar-refractivity contribution in [1.82, 2.24) is 4.98 Å². The summed E-state index contributed by atoms with van der Waals surface area (Å²) < 4.78 is 0. The highest BCUT2D eigenvalue weighted by Gasteiger charge is 2.27. The molecule has 0 saturated heterocycles. The zero-order valence-corrected chi connectivity index (χ0v) is 11.0. The molecule has 0 saturated carbocycles. The molecule has 0 spiro atoms. The number of rotatable bonds is 5. The van der Waals surface area contributed by atoms with Gasteiger partial charge >= 0.3 is 0 Å². The van der Waals surface area contributed by atoms with Gasteiger partial charge in [0.1, 0.15) is 0 Å². The van der Waals surface area contributed by atoms with Gasteiger partial charge in [-0.2, -0.15) is 0 Å². The number of aliphatic hydroxyl groups is 1. The molecule has 18 heavy (non-hydrogen) atoms. The molecule has 1 heterocycles. The number of H-pyrrole nitrogens is 1. The minimum Gasteiger partial charge on any atom is -0.388 e. The molecular formula is C16H21NO. The summed E-state index contributed by atoms with van der Waals surface area (Å²) in [5, 5.41) is 10.6. The average Bonchev–Trinajstić information content (AvgIpc) is 2.94. The van der Waals surface area contributed by atoms with Crippen LogP contribution < -0.4 is 0 Å². The molecule has 1 aromatic heterocycles. The Balaban J connectivity index is 2.31. The summed E-state index contributed by atoms with van der Waals surface area (Å²) in [4.78, 5) is 3.01. The van der Waals surface area contributed by atoms with Crippen LogP contribution in [0.5, 0.6) is 0 Å². The molecule has 2 aromatic rings. The lowest BCUT2D eigenvalue weighted by atomic mass is 9.80. The molecular weight excluding hydrogens is 222 g/mol. The van der Waals surface area contributed by atoms with Crippen molar-refractivity contribution in [1.29, 1.82) is 0 Å². The molecule has 3 atom stereocenters. The highest BCUT2D eigenvalue weighted by atomic mass is 16.3. The van der Waals surface area contributed by atoms with E-state index < -0.39 is 6.10 Å². The number of benzene rings is 1. The lowest BCUT2D eigenvalue weighted by Crippen LogP contribution is -2.17. The lowest BCUT2D eigenvalue weighted by Gasteiger charge is -2.28. The minimum absolute atomic E-state index is 0.145. The Morgan fingerprint density at radius 3 is 2.39 bits per heavy atom. The van der Waals surface area contributed by atoms with Crippen molar-refractivity contribution in [2.24, 2.45) is 5.92 Å². The van der Waals surface area contributed by atoms with Crippen LogP contribution in [-0.2, 0) is 0 Å². The van der Waals surface area contributed by atoms with Crippen LogP contribution in [0.1, 0.15) is 43.4 Å². The van der Waals surface area contributed by atoms with E-state index in [4.69, 9.17) is 0 Å². The first-order valence-electron chi connectivity index (χ1n) is 6.59. The second kappa shape index (κ2) is 5.87. The van der Waals surface area contributed by atoms with Gasteiger partial charge in [0, 0.05) is 18.3 Å². The number of aromatic nitrogens is 1. The lowest BCUT2D eigenvalue weighted by molar-refractivity contribution is 0.118. The van der Waals surface area contributed by atoms with Gasteiger partial charge in [0.05, 0.1) is 6.10 Å². The monoisotopic (exact) mass is 243 g/mol. The van der Waals surface area contributed by atoms with Gasteiger partial charge in [-0.15, -0.1) is 0 Å². The summed E-state index contributed by atoms with van der Waals surface area (Å²) in [6, 6.07) is 12.2. The van der Waals surface area contributed by atoms with Crippen LogP contribution in [0.25, 0.3) is 0 Å². The average molecular weight is 243 g/mol. The Kier molecular flexibility index (Phi) is 4.21. The van der Waals surface area contributed by atoms with Gasteiger partial charge in [-0.05, 0) is 23.1 Å². The molecule has 3 unspecified atom stereocenters. The van der Waals surface area contributed by atoms with Crippen molar-refractivity contribution in [2.45, 2.75) is 32.3 Å². The van der Waals surface area contributed by atoms with E-state index in [-0.39, 0.29) is 5.92 Å². The fraction of sp³-hybridized carbons (Fsp3) is 0.375. The highest BCUT2D eigenvalue weighted by molar-refractivity contribution is 5.26. The largest absolute Gasteiger partial charge is 0.388 e. The summed E-state index contributed by atoms with van der Waals surface area (Å²) in [7, 11) is 0. The van der Waals surface area contributed by atoms with Crippen molar-refractivity contribution in [2.75, 3.05) is 0 Å². The first-order valence-corrected chi connectivity index (χ1v) is 6.59. The van der Waals surface area contributed by atoms with E-state index in [1.807, 2.05) is 36.7 Å². The quantitative estimate of drug-likeness (QED) is 0.821. The first-order chi connectivity index (χ1) is 8.74. The molecule has 96 valence electrons. The third kappa shape index (κ3) is 2.65. The van der Waals surface area contributed by atoms with Crippen LogP contribution in [-0.4, -0.2) is 10.1 Å². The van der Waals surface area contributed by atoms with E-state index in [0.717, 1.165) is 12.0 Å². The van der Waals surface area contributed by atoms with Gasteiger partial charge in [0.2, 0.25) is 0 Å². The van der Waals surface area contributed by atoms with Crippen molar-refractivity contribution in [3.63, 3.8) is 0 Å². The van der Waals surface area contributed by atoms with Crippen molar-refractivity contribution < 1.29 is 5.11 Å². The third-order valence-corrected chi connectivity index (χ3v) is 3.75. The summed E-state index contributed by atoms with van der Waals surface area (Å²) in [5.74, 6) is 0.587. The van der Waals surface area contributed by atoms with E-state index >= 15 is 0 Å². The fourth-order valence-corrected chi connectivity index (χ4v) is 2.48. The molecule has 2 rings (SSSR count). The third-order valence-electron chi connectivity index (χ3n) is 3.75. The molecule has 0 amide bonds. The van der Waals surface area contributed by atoms with Crippen LogP contribution >= 0.6 is 0 Å². The van der Waals surface area contributed by atoms with E-state index in [2.05, 4.69) is 31.0 Å². The molecule has 0 radical (unpaired) electrons. The van der Waals surface area contributed by atoms with E-state index in [9.17, 15) is 5.11 Å². The number of nitrogens with one attached hydrogen (secondary N) is 1. The summed E-state index contributed by atoms with van der Waals surface area (Å²) in [6.45, 7) is 4.37. The molecule has 2 heteroatoms. The molecule has 1 aromatic carbocycles. The maximum atomic E-state index is 10.6. The predicted molar refractivity (Wildman–Crippen MR) is 74.4 cm³/mol. The smallest absolute Gasteiger partial charge is 0.0875 e. The summed E-state index contributed by atoms with van der Waals surface area (Å²) in [6.07, 6.45) is 4.34. The minimum atomic E-state index is -0.450. The Morgan fingerprint density at radius 1 is 1.11 bits per heavy atom. The SMILES string of the molecule is CCC(C)C(c1ccccc1)C(O)c1cc[nH]c1. The first kappa shape index (κ1) is 12.9. The number of aliphatic hydroxyl groups excluding tert-OH is 1. The maximum Gasteiger partial charge on any atom is 0.0875 e. The van der Waals surface area contributed by atoms with Crippen LogP contribution in [0, 0.1) is 5.92 Å². The van der Waals surface area contributed by atoms with Crippen LogP contribution in [0.2, 0.25) is 0 Å². The number of hydrogen-bond acceptors (Lipinski definition) is 1. The predicted octanol–water partition coefficient (Wildman–Crippen LogP) is 3.88. The molecule has 0 fully saturated rings. The Hall–Kier alpha value is -1.54. The van der Waals surface area contributed by atoms with Crippen LogP contribution in [0.3, 0.4) is 0 Å². The van der Waals surface area contributed by atoms with Crippen molar-refractivity contribution in [3.8, 4) is 0 Å². The molecule has 0 aliphatic carbocycles. The molecule has 0 aliphatic heterocycles. The zero-order valence-electron chi connectivity index (χ0n) is 11.0. The van der Waals surface area contributed by atoms with Gasteiger partial charge < -0.3 is 10.1 Å². The second-order valence-electron chi connectivity index (χ2n) is 4.91. The van der Waals surface area contributed by atoms with Crippen molar-refractivity contribution in [3.05, 3.63) is 59.9 Å². The maximum absolute atomic E-state index is 10.6. The van der Waals surface area contributed by atoms with Crippen LogP contribution in [0.15, 0.2) is 48.8 Å². The van der Waals surface area contributed by atoms with Gasteiger partial charge in [0.25, 0.3) is 0 Å². The standard InChI is InChI=1S/C16H21NO/c1-3-12(2)15(13-7-5-4-6-8-13)16(18)14-9-10-17-11-14/h4-12,15-18H,3H2,1-2H3. The van der Waals surface area contributed by atoms with Gasteiger partial charge in [-0.3, -0.25) is 0 Å². The van der Waals surface area contributed by atoms with Crippen molar-refractivity contribution >= 4 is 0 Å². The van der Waals surface area contributed by atoms with Crippen LogP contribution in [0.4, 0.5) is 0 Å². The summed E-state index contributed by atoms with van der Waals surface area (Å²) >= 11 is 0. The molecule has 0 aliphatic rings. The number of aromatic amines is 1. The fourth-order valence-electron chi connectivity index (χ4n) is 2.48. The van der Waals surface area contributed by atoms with Gasteiger partial charge in [-0.25, -0.2) is 0 Å². The van der Waals surface area contributed by atoms with E-state index in [1.165, 1.54) is 5.56 Å². The summed E-state index contributed by atoms with van der Waals surface area (Å²) in [5.41, 5.74) is 2.17.